The fraction of sp³-hybridized carbons (Fsp3) is 0.429. The summed E-state index contributed by atoms with van der Waals surface area (Å²) < 4.78 is 10.9. The Morgan fingerprint density at radius 3 is 2.93 bits per heavy atom. The zero-order chi connectivity index (χ0) is 21.0. The van der Waals surface area contributed by atoms with Crippen LogP contribution in [0.4, 0.5) is 0 Å². The predicted octanol–water partition coefficient (Wildman–Crippen LogP) is 2.44. The monoisotopic (exact) mass is 408 g/mol. The Morgan fingerprint density at radius 1 is 1.30 bits per heavy atom. The molecular weight excluding hydrogens is 384 g/mol. The molecule has 0 spiro atoms. The third kappa shape index (κ3) is 4.06. The topological polar surface area (TPSA) is 107 Å². The largest absolute Gasteiger partial charge is 0.385 e. The van der Waals surface area contributed by atoms with Gasteiger partial charge in [0.15, 0.2) is 5.82 Å². The van der Waals surface area contributed by atoms with Gasteiger partial charge in [0, 0.05) is 45.4 Å². The maximum atomic E-state index is 13.1. The number of ether oxygens (including phenoxy) is 1. The van der Waals surface area contributed by atoms with Crippen LogP contribution in [-0.4, -0.2) is 62.7 Å². The normalized spacial score (nSPS) is 19.1. The highest BCUT2D eigenvalue weighted by Crippen LogP contribution is 2.37. The summed E-state index contributed by atoms with van der Waals surface area (Å²) in [5.74, 6) is 0.869. The molecule has 0 N–H and O–H groups in total. The number of rotatable bonds is 6. The first kappa shape index (κ1) is 20.1. The summed E-state index contributed by atoms with van der Waals surface area (Å²) in [5.41, 5.74) is 1.42. The molecule has 9 nitrogen and oxygen atoms in total. The summed E-state index contributed by atoms with van der Waals surface area (Å²) >= 11 is 0. The van der Waals surface area contributed by atoms with Crippen molar-refractivity contribution in [3.8, 4) is 11.5 Å². The third-order valence-corrected chi connectivity index (χ3v) is 5.46. The Hall–Kier alpha value is -3.20. The lowest BCUT2D eigenvalue weighted by molar-refractivity contribution is 0.0561. The van der Waals surface area contributed by atoms with Gasteiger partial charge in [-0.05, 0) is 38.3 Å². The molecule has 1 atom stereocenters. The molecule has 1 aliphatic rings. The Labute approximate surface area is 174 Å². The lowest BCUT2D eigenvalue weighted by Crippen LogP contribution is -2.49. The molecule has 1 aliphatic heterocycles. The summed E-state index contributed by atoms with van der Waals surface area (Å²) in [4.78, 5) is 32.1. The van der Waals surface area contributed by atoms with Crippen LogP contribution in [0.15, 0.2) is 41.4 Å². The van der Waals surface area contributed by atoms with E-state index in [1.54, 1.807) is 30.6 Å². The van der Waals surface area contributed by atoms with Crippen molar-refractivity contribution in [2.75, 3.05) is 26.8 Å². The molecule has 0 aromatic carbocycles. The van der Waals surface area contributed by atoms with Gasteiger partial charge in [-0.3, -0.25) is 14.8 Å². The molecule has 4 rings (SSSR count). The predicted molar refractivity (Wildman–Crippen MR) is 108 cm³/mol. The summed E-state index contributed by atoms with van der Waals surface area (Å²) in [6.07, 6.45) is 8.86. The van der Waals surface area contributed by atoms with Gasteiger partial charge in [0.05, 0.1) is 22.9 Å². The smallest absolute Gasteiger partial charge is 0.274 e. The molecule has 0 saturated carbocycles. The minimum Gasteiger partial charge on any atom is -0.385 e. The molecule has 0 radical (unpaired) electrons. The maximum Gasteiger partial charge on any atom is 0.274 e. The number of amides is 1. The lowest BCUT2D eigenvalue weighted by atomic mass is 9.76. The standard InChI is InChI=1S/C21H24N6O3/c1-15-11-24-17(13-23-15)19(28)27-9-4-6-21(14-27,7-10-29-2)20-25-18(30-26-20)16-5-3-8-22-12-16/h3,5,8,11-13H,4,6-7,9-10,14H2,1-2H3. The molecule has 156 valence electrons. The molecule has 0 aliphatic carbocycles. The first-order chi connectivity index (χ1) is 14.6. The molecule has 4 heterocycles. The van der Waals surface area contributed by atoms with Crippen molar-refractivity contribution in [2.45, 2.75) is 31.6 Å². The highest BCUT2D eigenvalue weighted by atomic mass is 16.5. The van der Waals surface area contributed by atoms with Crippen LogP contribution < -0.4 is 0 Å². The van der Waals surface area contributed by atoms with E-state index in [1.807, 2.05) is 19.1 Å². The Bertz CT molecular complexity index is 991. The van der Waals surface area contributed by atoms with E-state index in [0.717, 1.165) is 24.1 Å². The average Bonchev–Trinajstić information content (AvgIpc) is 3.30. The number of nitrogens with zero attached hydrogens (tertiary/aromatic N) is 6. The van der Waals surface area contributed by atoms with Gasteiger partial charge in [0.25, 0.3) is 11.8 Å². The van der Waals surface area contributed by atoms with Crippen LogP contribution in [0, 0.1) is 6.92 Å². The van der Waals surface area contributed by atoms with Crippen molar-refractivity contribution >= 4 is 5.91 Å². The van der Waals surface area contributed by atoms with Gasteiger partial charge < -0.3 is 14.2 Å². The van der Waals surface area contributed by atoms with Crippen molar-refractivity contribution in [1.82, 2.24) is 30.0 Å². The SMILES string of the molecule is COCCC1(c2noc(-c3cccnc3)n2)CCCN(C(=O)c2cnc(C)cn2)C1. The molecule has 3 aromatic heterocycles. The number of aromatic nitrogens is 5. The van der Waals surface area contributed by atoms with Crippen LogP contribution in [0.3, 0.4) is 0 Å². The van der Waals surface area contributed by atoms with Crippen molar-refractivity contribution in [3.05, 3.63) is 54.1 Å². The van der Waals surface area contributed by atoms with Crippen LogP contribution in [0.25, 0.3) is 11.5 Å². The lowest BCUT2D eigenvalue weighted by Gasteiger charge is -2.40. The highest BCUT2D eigenvalue weighted by Gasteiger charge is 2.42. The van der Waals surface area contributed by atoms with Gasteiger partial charge in [-0.15, -0.1) is 0 Å². The summed E-state index contributed by atoms with van der Waals surface area (Å²) in [5, 5.41) is 4.28. The van der Waals surface area contributed by atoms with Gasteiger partial charge in [-0.25, -0.2) is 4.98 Å². The number of piperidine rings is 1. The number of carbonyl (C=O) groups is 1. The van der Waals surface area contributed by atoms with Gasteiger partial charge in [0.1, 0.15) is 5.69 Å². The molecule has 1 amide bonds. The number of aryl methyl sites for hydroxylation is 1. The fourth-order valence-electron chi connectivity index (χ4n) is 3.81. The minimum absolute atomic E-state index is 0.139. The number of hydrogen-bond acceptors (Lipinski definition) is 8. The van der Waals surface area contributed by atoms with Crippen molar-refractivity contribution in [3.63, 3.8) is 0 Å². The van der Waals surface area contributed by atoms with Crippen LogP contribution in [0.2, 0.25) is 0 Å². The van der Waals surface area contributed by atoms with Crippen molar-refractivity contribution in [2.24, 2.45) is 0 Å². The fourth-order valence-corrected chi connectivity index (χ4v) is 3.81. The quantitative estimate of drug-likeness (QED) is 0.612. The van der Waals surface area contributed by atoms with Gasteiger partial charge >= 0.3 is 0 Å². The molecular formula is C21H24N6O3. The molecule has 1 saturated heterocycles. The van der Waals surface area contributed by atoms with E-state index in [0.29, 0.717) is 43.5 Å². The Morgan fingerprint density at radius 2 is 2.20 bits per heavy atom. The number of hydrogen-bond donors (Lipinski definition) is 0. The second-order valence-corrected chi connectivity index (χ2v) is 7.56. The van der Waals surface area contributed by atoms with Crippen LogP contribution in [0.5, 0.6) is 0 Å². The van der Waals surface area contributed by atoms with Gasteiger partial charge in [-0.1, -0.05) is 5.16 Å². The van der Waals surface area contributed by atoms with E-state index >= 15 is 0 Å². The number of methoxy groups -OCH3 is 1. The Kier molecular flexibility index (Phi) is 5.80. The van der Waals surface area contributed by atoms with Gasteiger partial charge in [-0.2, -0.15) is 4.98 Å². The summed E-state index contributed by atoms with van der Waals surface area (Å²) in [6.45, 7) is 3.49. The molecule has 0 bridgehead atoms. The van der Waals surface area contributed by atoms with Crippen molar-refractivity contribution in [1.29, 1.82) is 0 Å². The zero-order valence-corrected chi connectivity index (χ0v) is 17.1. The van der Waals surface area contributed by atoms with Crippen LogP contribution in [-0.2, 0) is 10.2 Å². The number of likely N-dealkylation sites (tertiary alicyclic amines) is 1. The molecule has 1 unspecified atom stereocenters. The van der Waals surface area contributed by atoms with E-state index in [2.05, 4.69) is 25.1 Å². The molecule has 3 aromatic rings. The Balaban J connectivity index is 1.62. The molecule has 9 heteroatoms. The van der Waals surface area contributed by atoms with Crippen LogP contribution >= 0.6 is 0 Å². The number of carbonyl (C=O) groups excluding carboxylic acids is 1. The highest BCUT2D eigenvalue weighted by molar-refractivity contribution is 5.92. The van der Waals surface area contributed by atoms with Gasteiger partial charge in [0.2, 0.25) is 0 Å². The second-order valence-electron chi connectivity index (χ2n) is 7.56. The van der Waals surface area contributed by atoms with E-state index in [1.165, 1.54) is 6.20 Å². The van der Waals surface area contributed by atoms with E-state index in [4.69, 9.17) is 9.26 Å². The molecule has 1 fully saturated rings. The molecule has 30 heavy (non-hydrogen) atoms. The summed E-state index contributed by atoms with van der Waals surface area (Å²) in [6, 6.07) is 3.70. The van der Waals surface area contributed by atoms with Crippen molar-refractivity contribution < 1.29 is 14.1 Å². The first-order valence-corrected chi connectivity index (χ1v) is 9.93. The van der Waals surface area contributed by atoms with E-state index in [-0.39, 0.29) is 5.91 Å². The minimum atomic E-state index is -0.452. The van der Waals surface area contributed by atoms with E-state index in [9.17, 15) is 4.79 Å². The average molecular weight is 408 g/mol. The second kappa shape index (κ2) is 8.66. The number of pyridine rings is 1. The van der Waals surface area contributed by atoms with Crippen LogP contribution in [0.1, 0.15) is 41.3 Å². The maximum absolute atomic E-state index is 13.1. The first-order valence-electron chi connectivity index (χ1n) is 9.93. The van der Waals surface area contributed by atoms with E-state index < -0.39 is 5.41 Å². The third-order valence-electron chi connectivity index (χ3n) is 5.46. The summed E-state index contributed by atoms with van der Waals surface area (Å²) in [7, 11) is 1.67. The zero-order valence-electron chi connectivity index (χ0n) is 17.1.